The van der Waals surface area contributed by atoms with Crippen LogP contribution in [0.2, 0.25) is 0 Å². The van der Waals surface area contributed by atoms with Crippen molar-refractivity contribution in [2.75, 3.05) is 42.7 Å². The smallest absolute Gasteiger partial charge is 0.323 e. The minimum atomic E-state index is -0.546. The number of hydrogen-bond acceptors (Lipinski definition) is 7. The number of fused-ring (bicyclic) bond motifs is 1. The number of aliphatic hydroxyl groups is 1. The number of rotatable bonds is 7. The van der Waals surface area contributed by atoms with Gasteiger partial charge in [0, 0.05) is 36.4 Å². The number of amides is 5. The molecule has 2 aromatic carbocycles. The molecule has 230 valence electrons. The highest BCUT2D eigenvalue weighted by Crippen LogP contribution is 2.29. The lowest BCUT2D eigenvalue weighted by molar-refractivity contribution is -0.134. The van der Waals surface area contributed by atoms with Crippen LogP contribution in [0.3, 0.4) is 0 Å². The third kappa shape index (κ3) is 7.80. The van der Waals surface area contributed by atoms with Crippen molar-refractivity contribution in [2.45, 2.75) is 46.3 Å². The van der Waals surface area contributed by atoms with E-state index in [1.165, 1.54) is 29.2 Å². The molecule has 0 bridgehead atoms. The van der Waals surface area contributed by atoms with Gasteiger partial charge >= 0.3 is 12.1 Å². The van der Waals surface area contributed by atoms with E-state index in [9.17, 15) is 23.9 Å². The Bertz CT molecular complexity index is 1440. The second-order valence-corrected chi connectivity index (χ2v) is 10.8. The molecule has 1 aliphatic rings. The first-order valence-corrected chi connectivity index (χ1v) is 13.9. The van der Waals surface area contributed by atoms with Gasteiger partial charge in [0.15, 0.2) is 5.76 Å². The van der Waals surface area contributed by atoms with Crippen molar-refractivity contribution in [3.8, 4) is 5.75 Å². The van der Waals surface area contributed by atoms with Gasteiger partial charge in [-0.25, -0.2) is 14.0 Å². The van der Waals surface area contributed by atoms with E-state index in [2.05, 4.69) is 21.1 Å². The van der Waals surface area contributed by atoms with Gasteiger partial charge in [0.05, 0.1) is 25.6 Å². The van der Waals surface area contributed by atoms with Crippen LogP contribution in [0.5, 0.6) is 5.75 Å². The lowest BCUT2D eigenvalue weighted by Gasteiger charge is -2.34. The van der Waals surface area contributed by atoms with Crippen molar-refractivity contribution in [1.29, 1.82) is 0 Å². The molecular weight excluding hydrogens is 559 g/mol. The van der Waals surface area contributed by atoms with E-state index in [0.717, 1.165) is 0 Å². The molecule has 0 radical (unpaired) electrons. The molecule has 0 spiro atoms. The van der Waals surface area contributed by atoms with Gasteiger partial charge in [-0.05, 0) is 63.2 Å². The van der Waals surface area contributed by atoms with Gasteiger partial charge < -0.3 is 40.1 Å². The second kappa shape index (κ2) is 13.6. The van der Waals surface area contributed by atoms with Crippen LogP contribution in [-0.4, -0.2) is 76.9 Å². The van der Waals surface area contributed by atoms with Crippen LogP contribution in [0.15, 0.2) is 47.0 Å². The predicted octanol–water partition coefficient (Wildman–Crippen LogP) is 4.39. The van der Waals surface area contributed by atoms with E-state index < -0.39 is 24.0 Å². The largest absolute Gasteiger partial charge is 0.488 e. The molecule has 0 saturated carbocycles. The summed E-state index contributed by atoms with van der Waals surface area (Å²) in [6.07, 6.45) is -0.560. The Morgan fingerprint density at radius 2 is 1.81 bits per heavy atom. The quantitative estimate of drug-likeness (QED) is 0.316. The summed E-state index contributed by atoms with van der Waals surface area (Å²) in [4.78, 5) is 42.2. The summed E-state index contributed by atoms with van der Waals surface area (Å²) < 4.78 is 24.8. The summed E-state index contributed by atoms with van der Waals surface area (Å²) in [5.41, 5.74) is 2.41. The second-order valence-electron chi connectivity index (χ2n) is 10.8. The van der Waals surface area contributed by atoms with E-state index in [1.54, 1.807) is 50.9 Å². The highest BCUT2D eigenvalue weighted by Gasteiger charge is 2.32. The molecular formula is C30H37FN6O6. The van der Waals surface area contributed by atoms with E-state index in [0.29, 0.717) is 46.4 Å². The number of anilines is 3. The van der Waals surface area contributed by atoms with Crippen LogP contribution >= 0.6 is 0 Å². The van der Waals surface area contributed by atoms with E-state index in [4.69, 9.17) is 9.26 Å². The summed E-state index contributed by atoms with van der Waals surface area (Å²) in [5, 5.41) is 21.9. The molecule has 4 rings (SSSR count). The van der Waals surface area contributed by atoms with Crippen molar-refractivity contribution in [2.24, 2.45) is 5.92 Å². The van der Waals surface area contributed by atoms with Crippen LogP contribution < -0.4 is 20.7 Å². The fourth-order valence-corrected chi connectivity index (χ4v) is 4.77. The number of nitrogens with one attached hydrogen (secondary N) is 3. The third-order valence-electron chi connectivity index (χ3n) is 7.34. The first-order valence-electron chi connectivity index (χ1n) is 13.9. The van der Waals surface area contributed by atoms with Crippen molar-refractivity contribution in [3.63, 3.8) is 0 Å². The zero-order valence-corrected chi connectivity index (χ0v) is 24.8. The summed E-state index contributed by atoms with van der Waals surface area (Å²) >= 11 is 0. The highest BCUT2D eigenvalue weighted by molar-refractivity contribution is 6.00. The molecule has 43 heavy (non-hydrogen) atoms. The number of aryl methyl sites for hydroxylation is 2. The van der Waals surface area contributed by atoms with Crippen molar-refractivity contribution in [1.82, 2.24) is 15.0 Å². The molecule has 0 aliphatic carbocycles. The lowest BCUT2D eigenvalue weighted by Crippen LogP contribution is -2.48. The Morgan fingerprint density at radius 3 is 2.47 bits per heavy atom. The van der Waals surface area contributed by atoms with E-state index in [-0.39, 0.29) is 37.4 Å². The Morgan fingerprint density at radius 1 is 1.14 bits per heavy atom. The molecule has 1 aliphatic heterocycles. The number of urea groups is 2. The Labute approximate surface area is 249 Å². The fraction of sp³-hybridized carbons (Fsp3) is 0.400. The van der Waals surface area contributed by atoms with Gasteiger partial charge in [0.2, 0.25) is 5.91 Å². The average Bonchev–Trinajstić information content (AvgIpc) is 3.30. The topological polar surface area (TPSA) is 149 Å². The lowest BCUT2D eigenvalue weighted by atomic mass is 10.0. The minimum absolute atomic E-state index is 0.0312. The fourth-order valence-electron chi connectivity index (χ4n) is 4.77. The molecule has 0 saturated heterocycles. The maximum atomic E-state index is 13.4. The zero-order chi connectivity index (χ0) is 31.3. The maximum Gasteiger partial charge on any atom is 0.323 e. The standard InChI is InChI=1S/C30H37FN6O6/c1-17-14-37(18(2)16-38)27(39)13-21-12-24(33-29(40)32-23-8-6-22(31)7-9-23)10-11-25(21)42-26(17)15-36(5)30(41)34-28-19(3)35-43-20(28)4/h6-12,17-18,26,38H,13-16H2,1-5H3,(H,34,41)(H2,32,33,40)/t17-,18+,26+/m0/s1. The molecule has 1 aromatic heterocycles. The Kier molecular flexibility index (Phi) is 9.86. The Hall–Kier alpha value is -4.65. The Balaban J connectivity index is 1.56. The van der Waals surface area contributed by atoms with Gasteiger partial charge in [-0.3, -0.25) is 4.79 Å². The normalized spacial score (nSPS) is 17.5. The summed E-state index contributed by atoms with van der Waals surface area (Å²) in [6, 6.07) is 8.96. The number of likely N-dealkylation sites (N-methyl/N-ethyl adjacent to an activating group) is 1. The number of benzene rings is 2. The third-order valence-corrected chi connectivity index (χ3v) is 7.34. The van der Waals surface area contributed by atoms with Gasteiger partial charge in [0.1, 0.15) is 29.1 Å². The molecule has 3 aromatic rings. The molecule has 13 heteroatoms. The van der Waals surface area contributed by atoms with E-state index >= 15 is 0 Å². The van der Waals surface area contributed by atoms with Crippen molar-refractivity contribution >= 4 is 35.0 Å². The van der Waals surface area contributed by atoms with Gasteiger partial charge in [-0.1, -0.05) is 12.1 Å². The molecule has 4 N–H and O–H groups in total. The number of ether oxygens (including phenoxy) is 1. The number of carbonyl (C=O) groups excluding carboxylic acids is 3. The van der Waals surface area contributed by atoms with Crippen LogP contribution in [0.4, 0.5) is 31.0 Å². The predicted molar refractivity (Wildman–Crippen MR) is 159 cm³/mol. The molecule has 2 heterocycles. The average molecular weight is 597 g/mol. The summed E-state index contributed by atoms with van der Waals surface area (Å²) in [7, 11) is 1.64. The number of aliphatic hydroxyl groups excluding tert-OH is 1. The number of nitrogens with zero attached hydrogens (tertiary/aromatic N) is 3. The molecule has 0 fully saturated rings. The molecule has 0 unspecified atom stereocenters. The van der Waals surface area contributed by atoms with Crippen molar-refractivity contribution in [3.05, 3.63) is 65.3 Å². The monoisotopic (exact) mass is 596 g/mol. The summed E-state index contributed by atoms with van der Waals surface area (Å²) in [6.45, 7) is 7.39. The van der Waals surface area contributed by atoms with Gasteiger partial charge in [-0.15, -0.1) is 0 Å². The first-order chi connectivity index (χ1) is 20.4. The van der Waals surface area contributed by atoms with Crippen molar-refractivity contribution < 1.29 is 33.1 Å². The molecule has 3 atom stereocenters. The number of carbonyl (C=O) groups is 3. The number of hydrogen-bond donors (Lipinski definition) is 4. The van der Waals surface area contributed by atoms with Crippen LogP contribution in [-0.2, 0) is 11.2 Å². The maximum absolute atomic E-state index is 13.4. The van der Waals surface area contributed by atoms with Crippen LogP contribution in [0, 0.1) is 25.6 Å². The van der Waals surface area contributed by atoms with Crippen LogP contribution in [0.1, 0.15) is 30.9 Å². The highest BCUT2D eigenvalue weighted by atomic mass is 19.1. The van der Waals surface area contributed by atoms with Crippen LogP contribution in [0.25, 0.3) is 0 Å². The van der Waals surface area contributed by atoms with Gasteiger partial charge in [0.25, 0.3) is 0 Å². The molecule has 5 amide bonds. The minimum Gasteiger partial charge on any atom is -0.488 e. The molecule has 12 nitrogen and oxygen atoms in total. The van der Waals surface area contributed by atoms with E-state index in [1.807, 2.05) is 6.92 Å². The van der Waals surface area contributed by atoms with Gasteiger partial charge in [-0.2, -0.15) is 0 Å². The zero-order valence-electron chi connectivity index (χ0n) is 24.8. The first kappa shape index (κ1) is 31.3. The number of halogens is 1. The summed E-state index contributed by atoms with van der Waals surface area (Å²) in [5.74, 6) is 0.0716. The SMILES string of the molecule is Cc1noc(C)c1NC(=O)N(C)C[C@H]1Oc2ccc(NC(=O)Nc3ccc(F)cc3)cc2CC(=O)N([C@H](C)CO)C[C@@H]1C. The number of aromatic nitrogens is 1.